The van der Waals surface area contributed by atoms with Gasteiger partial charge in [0, 0.05) is 0 Å². The van der Waals surface area contributed by atoms with Gasteiger partial charge in [-0.1, -0.05) is 25.5 Å². The van der Waals surface area contributed by atoms with Crippen molar-refractivity contribution in [1.82, 2.24) is 0 Å². The van der Waals surface area contributed by atoms with E-state index in [-0.39, 0.29) is 11.5 Å². The van der Waals surface area contributed by atoms with Gasteiger partial charge in [-0.3, -0.25) is 0 Å². The lowest BCUT2D eigenvalue weighted by Crippen LogP contribution is -2.29. The first-order valence-electron chi connectivity index (χ1n) is 10.2. The Bertz CT molecular complexity index is 776. The largest absolute Gasteiger partial charge is 0.497 e. The Hall–Kier alpha value is -1.90. The average molecular weight is 370 g/mol. The molecule has 0 aromatic heterocycles. The fraction of sp³-hybridized carbons (Fsp3) is 0.500. The highest BCUT2D eigenvalue weighted by atomic mass is 19.1. The summed E-state index contributed by atoms with van der Waals surface area (Å²) in [6, 6.07) is 10.0. The van der Waals surface area contributed by atoms with Gasteiger partial charge < -0.3 is 4.74 Å². The summed E-state index contributed by atoms with van der Waals surface area (Å²) >= 11 is 0. The first-order valence-corrected chi connectivity index (χ1v) is 10.2. The second-order valence-corrected chi connectivity index (χ2v) is 8.54. The summed E-state index contributed by atoms with van der Waals surface area (Å²) in [6.45, 7) is 2.35. The Morgan fingerprint density at radius 3 is 2.15 bits per heavy atom. The maximum absolute atomic E-state index is 14.8. The molecule has 2 aromatic carbocycles. The maximum atomic E-state index is 14.8. The number of rotatable bonds is 3. The van der Waals surface area contributed by atoms with Crippen molar-refractivity contribution in [3.05, 3.63) is 53.6 Å². The van der Waals surface area contributed by atoms with Crippen molar-refractivity contribution in [2.45, 2.75) is 51.4 Å². The van der Waals surface area contributed by atoms with Gasteiger partial charge in [0.2, 0.25) is 0 Å². The van der Waals surface area contributed by atoms with Crippen LogP contribution in [0.3, 0.4) is 0 Å². The normalized spacial score (nSPS) is 27.9. The topological polar surface area (TPSA) is 9.23 Å². The van der Waals surface area contributed by atoms with E-state index >= 15 is 0 Å². The third-order valence-electron chi connectivity index (χ3n) is 6.79. The van der Waals surface area contributed by atoms with E-state index in [9.17, 15) is 8.78 Å². The summed E-state index contributed by atoms with van der Waals surface area (Å²) in [5.41, 5.74) is 1.43. The zero-order valence-electron chi connectivity index (χ0n) is 16.2. The fourth-order valence-corrected chi connectivity index (χ4v) is 5.29. The molecule has 0 aliphatic heterocycles. The van der Waals surface area contributed by atoms with Crippen LogP contribution in [0.1, 0.15) is 56.9 Å². The first-order chi connectivity index (χ1) is 13.0. The molecule has 4 unspecified atom stereocenters. The molecule has 0 saturated heterocycles. The SMILES string of the molecule is COc1ccc(-c2c(F)cc(C3CCC4CC(C)CCC4C3)cc2F)cc1. The van der Waals surface area contributed by atoms with E-state index in [1.807, 2.05) is 0 Å². The van der Waals surface area contributed by atoms with Crippen molar-refractivity contribution in [2.24, 2.45) is 17.8 Å². The standard InChI is InChI=1S/C24H28F2O/c1-15-3-4-18-12-19(6-5-17(18)11-15)20-13-22(25)24(23(26)14-20)16-7-9-21(27-2)10-8-16/h7-10,13-15,17-19H,3-6,11-12H2,1-2H3. The molecule has 2 aliphatic rings. The number of halogens is 2. The van der Waals surface area contributed by atoms with Gasteiger partial charge in [-0.15, -0.1) is 0 Å². The minimum atomic E-state index is -0.463. The van der Waals surface area contributed by atoms with Crippen molar-refractivity contribution in [3.63, 3.8) is 0 Å². The summed E-state index contributed by atoms with van der Waals surface area (Å²) in [4.78, 5) is 0. The van der Waals surface area contributed by atoms with Gasteiger partial charge in [0.05, 0.1) is 12.7 Å². The molecule has 0 radical (unpaired) electrons. The highest BCUT2D eigenvalue weighted by molar-refractivity contribution is 5.66. The van der Waals surface area contributed by atoms with Crippen molar-refractivity contribution >= 4 is 0 Å². The molecule has 0 bridgehead atoms. The smallest absolute Gasteiger partial charge is 0.134 e. The van der Waals surface area contributed by atoms with Crippen molar-refractivity contribution in [2.75, 3.05) is 7.11 Å². The summed E-state index contributed by atoms with van der Waals surface area (Å²) in [6.07, 6.45) is 7.23. The molecule has 0 N–H and O–H groups in total. The van der Waals surface area contributed by atoms with Gasteiger partial charge in [-0.05, 0) is 91.2 Å². The zero-order chi connectivity index (χ0) is 19.0. The summed E-state index contributed by atoms with van der Waals surface area (Å²) in [5, 5.41) is 0. The monoisotopic (exact) mass is 370 g/mol. The van der Waals surface area contributed by atoms with Crippen molar-refractivity contribution in [1.29, 1.82) is 0 Å². The van der Waals surface area contributed by atoms with Gasteiger partial charge in [-0.25, -0.2) is 8.78 Å². The van der Waals surface area contributed by atoms with Crippen LogP contribution in [0.25, 0.3) is 11.1 Å². The van der Waals surface area contributed by atoms with E-state index < -0.39 is 11.6 Å². The van der Waals surface area contributed by atoms with Crippen LogP contribution < -0.4 is 4.74 Å². The molecular formula is C24H28F2O. The Labute approximate surface area is 160 Å². The Morgan fingerprint density at radius 2 is 1.48 bits per heavy atom. The molecule has 2 aromatic rings. The highest BCUT2D eigenvalue weighted by Crippen LogP contribution is 2.48. The minimum absolute atomic E-state index is 0.0570. The maximum Gasteiger partial charge on any atom is 0.134 e. The molecule has 144 valence electrons. The minimum Gasteiger partial charge on any atom is -0.497 e. The van der Waals surface area contributed by atoms with Crippen LogP contribution in [0.15, 0.2) is 36.4 Å². The van der Waals surface area contributed by atoms with E-state index in [1.165, 1.54) is 25.7 Å². The van der Waals surface area contributed by atoms with Crippen molar-refractivity contribution < 1.29 is 13.5 Å². The van der Waals surface area contributed by atoms with Crippen LogP contribution in [-0.2, 0) is 0 Å². The average Bonchev–Trinajstić information content (AvgIpc) is 2.67. The molecular weight excluding hydrogens is 342 g/mol. The molecule has 3 heteroatoms. The molecule has 2 saturated carbocycles. The van der Waals surface area contributed by atoms with Gasteiger partial charge >= 0.3 is 0 Å². The van der Waals surface area contributed by atoms with Gasteiger partial charge in [0.15, 0.2) is 0 Å². The van der Waals surface area contributed by atoms with Crippen LogP contribution >= 0.6 is 0 Å². The van der Waals surface area contributed by atoms with Crippen LogP contribution in [0.4, 0.5) is 8.78 Å². The lowest BCUT2D eigenvalue weighted by molar-refractivity contribution is 0.124. The molecule has 1 nitrogen and oxygen atoms in total. The quantitative estimate of drug-likeness (QED) is 0.567. The fourth-order valence-electron chi connectivity index (χ4n) is 5.29. The van der Waals surface area contributed by atoms with E-state index in [4.69, 9.17) is 4.74 Å². The number of benzene rings is 2. The van der Waals surface area contributed by atoms with Gasteiger partial charge in [0.1, 0.15) is 17.4 Å². The lowest BCUT2D eigenvalue weighted by Gasteiger charge is -2.41. The van der Waals surface area contributed by atoms with Crippen LogP contribution in [0.5, 0.6) is 5.75 Å². The molecule has 4 rings (SSSR count). The zero-order valence-corrected chi connectivity index (χ0v) is 16.2. The number of hydrogen-bond acceptors (Lipinski definition) is 1. The molecule has 2 aliphatic carbocycles. The third kappa shape index (κ3) is 3.74. The number of fused-ring (bicyclic) bond motifs is 1. The van der Waals surface area contributed by atoms with E-state index in [1.54, 1.807) is 43.5 Å². The van der Waals surface area contributed by atoms with E-state index in [2.05, 4.69) is 6.92 Å². The Balaban J connectivity index is 1.56. The second-order valence-electron chi connectivity index (χ2n) is 8.54. The predicted octanol–water partition coefficient (Wildman–Crippen LogP) is 6.96. The van der Waals surface area contributed by atoms with Gasteiger partial charge in [-0.2, -0.15) is 0 Å². The molecule has 0 spiro atoms. The van der Waals surface area contributed by atoms with E-state index in [0.29, 0.717) is 11.3 Å². The molecule has 4 atom stereocenters. The second kappa shape index (κ2) is 7.61. The van der Waals surface area contributed by atoms with Gasteiger partial charge in [0.25, 0.3) is 0 Å². The summed E-state index contributed by atoms with van der Waals surface area (Å²) in [5.74, 6) is 2.42. The Morgan fingerprint density at radius 1 is 0.852 bits per heavy atom. The number of methoxy groups -OCH3 is 1. The van der Waals surface area contributed by atoms with Crippen LogP contribution in [-0.4, -0.2) is 7.11 Å². The highest BCUT2D eigenvalue weighted by Gasteiger charge is 2.35. The Kier molecular flexibility index (Phi) is 5.21. The summed E-state index contributed by atoms with van der Waals surface area (Å²) in [7, 11) is 1.58. The first kappa shape index (κ1) is 18.5. The molecule has 27 heavy (non-hydrogen) atoms. The number of hydrogen-bond donors (Lipinski definition) is 0. The lowest BCUT2D eigenvalue weighted by atomic mass is 9.64. The van der Waals surface area contributed by atoms with E-state index in [0.717, 1.165) is 36.2 Å². The third-order valence-corrected chi connectivity index (χ3v) is 6.79. The predicted molar refractivity (Wildman–Crippen MR) is 105 cm³/mol. The van der Waals surface area contributed by atoms with Crippen molar-refractivity contribution in [3.8, 4) is 16.9 Å². The molecule has 0 amide bonds. The number of ether oxygens (including phenoxy) is 1. The molecule has 0 heterocycles. The van der Waals surface area contributed by atoms with Crippen LogP contribution in [0.2, 0.25) is 0 Å². The summed E-state index contributed by atoms with van der Waals surface area (Å²) < 4.78 is 34.8. The van der Waals surface area contributed by atoms with Crippen LogP contribution in [0, 0.1) is 29.4 Å². The molecule has 2 fully saturated rings.